The first-order valence-electron chi connectivity index (χ1n) is 10.7. The van der Waals surface area contributed by atoms with Gasteiger partial charge in [-0.25, -0.2) is 8.42 Å². The lowest BCUT2D eigenvalue weighted by Crippen LogP contribution is -2.60. The Bertz CT molecular complexity index is 1120. The van der Waals surface area contributed by atoms with Crippen molar-refractivity contribution in [2.24, 2.45) is 0 Å². The predicted octanol–water partition coefficient (Wildman–Crippen LogP) is 5.03. The highest BCUT2D eigenvalue weighted by molar-refractivity contribution is 7.90. The van der Waals surface area contributed by atoms with Gasteiger partial charge in [-0.05, 0) is 36.1 Å². The van der Waals surface area contributed by atoms with Crippen molar-refractivity contribution in [2.45, 2.75) is 36.5 Å². The number of nitrogens with one attached hydrogen (secondary N) is 1. The van der Waals surface area contributed by atoms with E-state index < -0.39 is 27.1 Å². The minimum atomic E-state index is -5.66. The van der Waals surface area contributed by atoms with Crippen LogP contribution in [0.15, 0.2) is 91.0 Å². The third-order valence-electron chi connectivity index (χ3n) is 6.15. The van der Waals surface area contributed by atoms with E-state index >= 15 is 0 Å². The number of benzene rings is 3. The fraction of sp³-hybridized carbons (Fsp3) is 0.280. The van der Waals surface area contributed by atoms with Gasteiger partial charge in [0.15, 0.2) is 0 Å². The molecule has 0 aliphatic carbocycles. The van der Waals surface area contributed by atoms with Gasteiger partial charge in [-0.15, -0.1) is 0 Å². The Kier molecular flexibility index (Phi) is 6.61. The van der Waals surface area contributed by atoms with Crippen LogP contribution in [0.1, 0.15) is 29.5 Å². The smallest absolute Gasteiger partial charge is 0.294 e. The van der Waals surface area contributed by atoms with E-state index in [0.29, 0.717) is 30.6 Å². The number of halogens is 3. The number of hydrogen-bond acceptors (Lipinski definition) is 3. The highest BCUT2D eigenvalue weighted by Gasteiger charge is 2.55. The van der Waals surface area contributed by atoms with E-state index in [1.54, 1.807) is 60.7 Å². The van der Waals surface area contributed by atoms with Crippen LogP contribution >= 0.6 is 0 Å². The molecule has 1 aliphatic rings. The summed E-state index contributed by atoms with van der Waals surface area (Å²) in [6.07, 6.45) is 1.28. The summed E-state index contributed by atoms with van der Waals surface area (Å²) >= 11 is 0. The Balaban J connectivity index is 1.91. The van der Waals surface area contributed by atoms with Crippen LogP contribution in [0.5, 0.6) is 0 Å². The molecule has 174 valence electrons. The summed E-state index contributed by atoms with van der Waals surface area (Å²) in [7, 11) is -5.66. The summed E-state index contributed by atoms with van der Waals surface area (Å²) in [6.45, 7) is 1.15. The first kappa shape index (κ1) is 23.5. The zero-order valence-electron chi connectivity index (χ0n) is 17.9. The van der Waals surface area contributed by atoms with Crippen LogP contribution in [-0.2, 0) is 22.1 Å². The molecular weight excluding hydrogens is 449 g/mol. The fourth-order valence-corrected chi connectivity index (χ4v) is 5.64. The highest BCUT2D eigenvalue weighted by atomic mass is 32.2. The van der Waals surface area contributed by atoms with Crippen LogP contribution in [0.25, 0.3) is 0 Å². The lowest BCUT2D eigenvalue weighted by molar-refractivity contribution is -0.0460. The van der Waals surface area contributed by atoms with Gasteiger partial charge in [0, 0.05) is 12.6 Å². The number of sulfonamides is 1. The molecule has 33 heavy (non-hydrogen) atoms. The summed E-state index contributed by atoms with van der Waals surface area (Å²) in [5.41, 5.74) is -5.12. The minimum Gasteiger partial charge on any atom is -0.294 e. The molecule has 0 amide bonds. The lowest BCUT2D eigenvalue weighted by atomic mass is 9.76. The summed E-state index contributed by atoms with van der Waals surface area (Å²) in [6, 6.07) is 26.2. The normalized spacial score (nSPS) is 17.8. The van der Waals surface area contributed by atoms with Crippen LogP contribution in [0.4, 0.5) is 13.2 Å². The van der Waals surface area contributed by atoms with Crippen molar-refractivity contribution < 1.29 is 21.6 Å². The molecule has 8 heteroatoms. The molecule has 1 saturated heterocycles. The molecule has 1 aliphatic heterocycles. The first-order chi connectivity index (χ1) is 15.7. The second-order valence-corrected chi connectivity index (χ2v) is 9.88. The number of rotatable bonds is 7. The summed E-state index contributed by atoms with van der Waals surface area (Å²) in [5.74, 6) is 0. The Morgan fingerprint density at radius 1 is 0.818 bits per heavy atom. The van der Waals surface area contributed by atoms with Crippen LogP contribution in [-0.4, -0.2) is 31.4 Å². The number of likely N-dealkylation sites (tertiary alicyclic amines) is 1. The van der Waals surface area contributed by atoms with Gasteiger partial charge in [-0.3, -0.25) is 4.90 Å². The molecule has 3 aromatic carbocycles. The first-order valence-corrected chi connectivity index (χ1v) is 12.2. The zero-order chi connectivity index (χ0) is 23.5. The SMILES string of the molecule is O=S(=O)(NC(c1ccccc1)(c1ccccc1)C1CCCN1Cc1ccccc1)C(F)(F)F. The molecule has 0 aromatic heterocycles. The topological polar surface area (TPSA) is 49.4 Å². The van der Waals surface area contributed by atoms with Gasteiger partial charge < -0.3 is 0 Å². The molecule has 0 saturated carbocycles. The Hall–Kier alpha value is -2.68. The maximum Gasteiger partial charge on any atom is 0.511 e. The van der Waals surface area contributed by atoms with E-state index in [4.69, 9.17) is 0 Å². The molecule has 0 spiro atoms. The quantitative estimate of drug-likeness (QED) is 0.522. The highest BCUT2D eigenvalue weighted by Crippen LogP contribution is 2.43. The largest absolute Gasteiger partial charge is 0.511 e. The molecule has 1 heterocycles. The van der Waals surface area contributed by atoms with Crippen LogP contribution in [0.2, 0.25) is 0 Å². The van der Waals surface area contributed by atoms with E-state index in [-0.39, 0.29) is 0 Å². The molecule has 1 fully saturated rings. The third kappa shape index (κ3) is 4.69. The second-order valence-electron chi connectivity index (χ2n) is 8.21. The predicted molar refractivity (Wildman–Crippen MR) is 122 cm³/mol. The van der Waals surface area contributed by atoms with Gasteiger partial charge in [0.1, 0.15) is 0 Å². The lowest BCUT2D eigenvalue weighted by Gasteiger charge is -2.44. The van der Waals surface area contributed by atoms with Crippen molar-refractivity contribution in [1.29, 1.82) is 0 Å². The van der Waals surface area contributed by atoms with Crippen molar-refractivity contribution in [3.05, 3.63) is 108 Å². The maximum atomic E-state index is 13.7. The number of alkyl halides is 3. The van der Waals surface area contributed by atoms with Crippen molar-refractivity contribution in [3.63, 3.8) is 0 Å². The van der Waals surface area contributed by atoms with Crippen LogP contribution in [0.3, 0.4) is 0 Å². The van der Waals surface area contributed by atoms with E-state index in [2.05, 4.69) is 9.62 Å². The average Bonchev–Trinajstić information content (AvgIpc) is 3.27. The Labute approximate surface area is 192 Å². The maximum absolute atomic E-state index is 13.7. The molecule has 4 rings (SSSR count). The third-order valence-corrected chi connectivity index (χ3v) is 7.35. The zero-order valence-corrected chi connectivity index (χ0v) is 18.7. The molecular formula is C25H25F3N2O2S. The van der Waals surface area contributed by atoms with Gasteiger partial charge in [0.25, 0.3) is 0 Å². The van der Waals surface area contributed by atoms with Gasteiger partial charge in [0.2, 0.25) is 0 Å². The number of nitrogens with zero attached hydrogens (tertiary/aromatic N) is 1. The molecule has 1 unspecified atom stereocenters. The van der Waals surface area contributed by atoms with E-state index in [1.807, 2.05) is 30.3 Å². The summed E-state index contributed by atoms with van der Waals surface area (Å²) < 4.78 is 68.3. The standard InChI is InChI=1S/C25H25F3N2O2S/c26-25(27,28)33(31,32)29-24(21-13-6-2-7-14-21,22-15-8-3-9-16-22)23-17-10-18-30(23)19-20-11-4-1-5-12-20/h1-9,11-16,23,29H,10,17-19H2. The van der Waals surface area contributed by atoms with E-state index in [0.717, 1.165) is 12.0 Å². The summed E-state index contributed by atoms with van der Waals surface area (Å²) in [4.78, 5) is 2.08. The molecule has 1 N–H and O–H groups in total. The van der Waals surface area contributed by atoms with Gasteiger partial charge in [-0.2, -0.15) is 17.9 Å². The Morgan fingerprint density at radius 3 is 1.79 bits per heavy atom. The number of hydrogen-bond donors (Lipinski definition) is 1. The molecule has 1 atom stereocenters. The minimum absolute atomic E-state index is 0.467. The van der Waals surface area contributed by atoms with Gasteiger partial charge in [0.05, 0.1) is 5.54 Å². The van der Waals surface area contributed by atoms with Crippen molar-refractivity contribution in [2.75, 3.05) is 6.54 Å². The van der Waals surface area contributed by atoms with Crippen molar-refractivity contribution in [1.82, 2.24) is 9.62 Å². The van der Waals surface area contributed by atoms with Gasteiger partial charge in [-0.1, -0.05) is 91.0 Å². The molecule has 0 radical (unpaired) electrons. The second kappa shape index (κ2) is 9.29. The van der Waals surface area contributed by atoms with Gasteiger partial charge >= 0.3 is 15.5 Å². The molecule has 4 nitrogen and oxygen atoms in total. The summed E-state index contributed by atoms with van der Waals surface area (Å²) in [5, 5.41) is 0. The van der Waals surface area contributed by atoms with E-state index in [9.17, 15) is 21.6 Å². The fourth-order valence-electron chi connectivity index (χ4n) is 4.73. The van der Waals surface area contributed by atoms with Crippen molar-refractivity contribution >= 4 is 10.0 Å². The van der Waals surface area contributed by atoms with Crippen LogP contribution in [0, 0.1) is 0 Å². The molecule has 3 aromatic rings. The Morgan fingerprint density at radius 2 is 1.30 bits per heavy atom. The average molecular weight is 475 g/mol. The van der Waals surface area contributed by atoms with Crippen molar-refractivity contribution in [3.8, 4) is 0 Å². The monoisotopic (exact) mass is 474 g/mol. The van der Waals surface area contributed by atoms with E-state index in [1.165, 1.54) is 0 Å². The molecule has 0 bridgehead atoms. The van der Waals surface area contributed by atoms with Crippen LogP contribution < -0.4 is 4.72 Å².